The van der Waals surface area contributed by atoms with Gasteiger partial charge in [-0.05, 0) is 61.5 Å². The van der Waals surface area contributed by atoms with Crippen LogP contribution in [0.2, 0.25) is 5.02 Å². The zero-order chi connectivity index (χ0) is 27.4. The van der Waals surface area contributed by atoms with Crippen LogP contribution in [0, 0.1) is 5.82 Å². The zero-order valence-electron chi connectivity index (χ0n) is 20.1. The molecule has 1 aliphatic heterocycles. The molecule has 10 nitrogen and oxygen atoms in total. The minimum Gasteiger partial charge on any atom is -0.495 e. The van der Waals surface area contributed by atoms with Gasteiger partial charge < -0.3 is 24.3 Å². The molecule has 4 rings (SSSR count). The summed E-state index contributed by atoms with van der Waals surface area (Å²) in [6.45, 7) is 1.14. The summed E-state index contributed by atoms with van der Waals surface area (Å²) in [6.07, 6.45) is -2.42. The number of hydrogen-bond donors (Lipinski definition) is 1. The third-order valence-corrected chi connectivity index (χ3v) is 7.37. The number of carbonyl (C=O) groups is 2. The lowest BCUT2D eigenvalue weighted by Gasteiger charge is -2.35. The van der Waals surface area contributed by atoms with Crippen LogP contribution in [0.3, 0.4) is 0 Å². The first-order valence-electron chi connectivity index (χ1n) is 11.2. The van der Waals surface area contributed by atoms with Gasteiger partial charge in [-0.1, -0.05) is 17.7 Å². The van der Waals surface area contributed by atoms with Crippen molar-refractivity contribution in [1.29, 1.82) is 0 Å². The second-order valence-corrected chi connectivity index (χ2v) is 10.1. The summed E-state index contributed by atoms with van der Waals surface area (Å²) in [5.74, 6) is -1.13. The summed E-state index contributed by atoms with van der Waals surface area (Å²) in [5, 5.41) is 2.69. The summed E-state index contributed by atoms with van der Waals surface area (Å²) in [6, 6.07) is 13.4. The van der Waals surface area contributed by atoms with Crippen molar-refractivity contribution in [1.82, 2.24) is 0 Å². The molecule has 200 valence electrons. The Kier molecular flexibility index (Phi) is 7.93. The van der Waals surface area contributed by atoms with Gasteiger partial charge in [0.05, 0.1) is 19.4 Å². The Morgan fingerprint density at radius 2 is 1.95 bits per heavy atom. The molecule has 0 bridgehead atoms. The highest BCUT2D eigenvalue weighted by molar-refractivity contribution is 7.93. The van der Waals surface area contributed by atoms with Crippen LogP contribution >= 0.6 is 11.6 Å². The topological polar surface area (TPSA) is 120 Å². The van der Waals surface area contributed by atoms with Crippen molar-refractivity contribution in [3.63, 3.8) is 0 Å². The zero-order valence-corrected chi connectivity index (χ0v) is 21.7. The summed E-state index contributed by atoms with van der Waals surface area (Å²) < 4.78 is 63.0. The Bertz CT molecular complexity index is 1480. The summed E-state index contributed by atoms with van der Waals surface area (Å²) in [4.78, 5) is 24.6. The molecule has 38 heavy (non-hydrogen) atoms. The van der Waals surface area contributed by atoms with Crippen molar-refractivity contribution in [3.8, 4) is 11.5 Å². The molecule has 3 aromatic carbocycles. The Morgan fingerprint density at radius 3 is 2.66 bits per heavy atom. The van der Waals surface area contributed by atoms with Gasteiger partial charge in [-0.25, -0.2) is 17.6 Å². The SMILES string of the molecule is CCOC(=O)OC1CN(S(=O)(=O)c2cc(Cl)ccc2OC)c2cc(C(=O)Nc3cccc(F)c3)ccc2O1. The second kappa shape index (κ2) is 11.2. The van der Waals surface area contributed by atoms with E-state index in [9.17, 15) is 22.4 Å². The lowest BCUT2D eigenvalue weighted by atomic mass is 10.1. The minimum absolute atomic E-state index is 0.0115. The predicted octanol–water partition coefficient (Wildman–Crippen LogP) is 4.83. The van der Waals surface area contributed by atoms with Crippen LogP contribution in [0.4, 0.5) is 20.6 Å². The lowest BCUT2D eigenvalue weighted by molar-refractivity contribution is -0.0600. The first-order valence-corrected chi connectivity index (χ1v) is 13.0. The van der Waals surface area contributed by atoms with Gasteiger partial charge in [0.2, 0.25) is 0 Å². The Labute approximate surface area is 222 Å². The van der Waals surface area contributed by atoms with Gasteiger partial charge in [0, 0.05) is 16.3 Å². The number of sulfonamides is 1. The molecule has 0 saturated carbocycles. The molecule has 1 heterocycles. The van der Waals surface area contributed by atoms with Gasteiger partial charge in [-0.2, -0.15) is 0 Å². The van der Waals surface area contributed by atoms with Crippen molar-refractivity contribution in [2.45, 2.75) is 18.1 Å². The molecule has 0 spiro atoms. The Balaban J connectivity index is 1.76. The van der Waals surface area contributed by atoms with E-state index in [1.807, 2.05) is 0 Å². The smallest absolute Gasteiger partial charge is 0.495 e. The number of anilines is 2. The number of hydrogen-bond acceptors (Lipinski definition) is 8. The normalized spacial score (nSPS) is 14.6. The highest BCUT2D eigenvalue weighted by Crippen LogP contribution is 2.40. The molecule has 13 heteroatoms. The van der Waals surface area contributed by atoms with Gasteiger partial charge in [0.1, 0.15) is 28.8 Å². The third kappa shape index (κ3) is 5.76. The van der Waals surface area contributed by atoms with E-state index in [0.717, 1.165) is 10.4 Å². The monoisotopic (exact) mass is 564 g/mol. The van der Waals surface area contributed by atoms with Crippen LogP contribution in [-0.4, -0.2) is 47.0 Å². The molecular formula is C25H22ClFN2O8S. The number of methoxy groups -OCH3 is 1. The third-order valence-electron chi connectivity index (χ3n) is 5.33. The molecule has 1 amide bonds. The van der Waals surface area contributed by atoms with Crippen LogP contribution in [0.25, 0.3) is 0 Å². The average molecular weight is 565 g/mol. The lowest BCUT2D eigenvalue weighted by Crippen LogP contribution is -2.45. The van der Waals surface area contributed by atoms with E-state index in [2.05, 4.69) is 5.32 Å². The number of rotatable bonds is 7. The Hall–Kier alpha value is -4.03. The molecule has 0 saturated heterocycles. The fraction of sp³-hybridized carbons (Fsp3) is 0.200. The maximum atomic E-state index is 13.9. The maximum absolute atomic E-state index is 13.9. The van der Waals surface area contributed by atoms with Crippen LogP contribution in [-0.2, 0) is 19.5 Å². The van der Waals surface area contributed by atoms with E-state index in [0.29, 0.717) is 0 Å². The maximum Gasteiger partial charge on any atom is 0.511 e. The van der Waals surface area contributed by atoms with E-state index >= 15 is 0 Å². The number of carbonyl (C=O) groups excluding carboxylic acids is 2. The fourth-order valence-corrected chi connectivity index (χ4v) is 5.53. The van der Waals surface area contributed by atoms with E-state index < -0.39 is 40.7 Å². The second-order valence-electron chi connectivity index (χ2n) is 7.83. The summed E-state index contributed by atoms with van der Waals surface area (Å²) in [5.41, 5.74) is 0.252. The molecule has 1 aliphatic rings. The van der Waals surface area contributed by atoms with Gasteiger partial charge in [0.15, 0.2) is 0 Å². The Morgan fingerprint density at radius 1 is 1.16 bits per heavy atom. The fourth-order valence-electron chi connectivity index (χ4n) is 3.65. The van der Waals surface area contributed by atoms with Gasteiger partial charge >= 0.3 is 6.16 Å². The quantitative estimate of drug-likeness (QED) is 0.405. The van der Waals surface area contributed by atoms with E-state index in [-0.39, 0.29) is 45.0 Å². The number of halogens is 2. The molecular weight excluding hydrogens is 543 g/mol. The highest BCUT2D eigenvalue weighted by atomic mass is 35.5. The van der Waals surface area contributed by atoms with Gasteiger partial charge in [-0.3, -0.25) is 9.10 Å². The van der Waals surface area contributed by atoms with Crippen molar-refractivity contribution >= 4 is 45.1 Å². The predicted molar refractivity (Wildman–Crippen MR) is 136 cm³/mol. The molecule has 1 N–H and O–H groups in total. The first kappa shape index (κ1) is 27.0. The van der Waals surface area contributed by atoms with Crippen molar-refractivity contribution in [2.24, 2.45) is 0 Å². The number of nitrogens with one attached hydrogen (secondary N) is 1. The number of amides is 1. The largest absolute Gasteiger partial charge is 0.511 e. The molecule has 1 unspecified atom stereocenters. The van der Waals surface area contributed by atoms with Gasteiger partial charge in [0.25, 0.3) is 22.2 Å². The molecule has 0 fully saturated rings. The van der Waals surface area contributed by atoms with Crippen LogP contribution in [0.15, 0.2) is 65.6 Å². The number of benzene rings is 3. The summed E-state index contributed by atoms with van der Waals surface area (Å²) in [7, 11) is -3.10. The van der Waals surface area contributed by atoms with Gasteiger partial charge in [-0.15, -0.1) is 0 Å². The van der Waals surface area contributed by atoms with Crippen molar-refractivity contribution < 1.29 is 41.3 Å². The number of fused-ring (bicyclic) bond motifs is 1. The number of nitrogens with zero attached hydrogens (tertiary/aromatic N) is 1. The van der Waals surface area contributed by atoms with Crippen molar-refractivity contribution in [2.75, 3.05) is 29.9 Å². The standard InChI is InChI=1S/C25H22ClFN2O8S/c1-3-35-25(31)37-23-14-29(38(32,33)22-12-16(26)8-10-21(22)34-2)19-11-15(7-9-20(19)36-23)24(30)28-18-6-4-5-17(27)13-18/h4-13,23H,3,14H2,1-2H3,(H,28,30). The summed E-state index contributed by atoms with van der Waals surface area (Å²) >= 11 is 6.08. The molecule has 0 radical (unpaired) electrons. The highest BCUT2D eigenvalue weighted by Gasteiger charge is 2.38. The van der Waals surface area contributed by atoms with Crippen molar-refractivity contribution in [3.05, 3.63) is 77.1 Å². The molecule has 0 aromatic heterocycles. The van der Waals surface area contributed by atoms with E-state index in [1.54, 1.807) is 6.92 Å². The van der Waals surface area contributed by atoms with E-state index in [4.69, 9.17) is 30.5 Å². The minimum atomic E-state index is -4.40. The van der Waals surface area contributed by atoms with Crippen LogP contribution < -0.4 is 19.1 Å². The van der Waals surface area contributed by atoms with Crippen LogP contribution in [0.1, 0.15) is 17.3 Å². The van der Waals surface area contributed by atoms with Crippen LogP contribution in [0.5, 0.6) is 11.5 Å². The molecule has 1 atom stereocenters. The average Bonchev–Trinajstić information content (AvgIpc) is 2.88. The molecule has 3 aromatic rings. The van der Waals surface area contributed by atoms with E-state index in [1.165, 1.54) is 61.7 Å². The number of ether oxygens (including phenoxy) is 4. The first-order chi connectivity index (χ1) is 18.1. The molecule has 0 aliphatic carbocycles.